The molecule has 1 amide bonds. The maximum absolute atomic E-state index is 12.4. The molecule has 1 atom stereocenters. The van der Waals surface area contributed by atoms with Crippen LogP contribution in [0.1, 0.15) is 18.4 Å². The molecule has 0 radical (unpaired) electrons. The Morgan fingerprint density at radius 2 is 2.05 bits per heavy atom. The highest BCUT2D eigenvalue weighted by atomic mass is 35.5. The molecule has 0 heterocycles. The van der Waals surface area contributed by atoms with Crippen molar-refractivity contribution >= 4 is 18.3 Å². The quantitative estimate of drug-likeness (QED) is 0.830. The highest BCUT2D eigenvalue weighted by molar-refractivity contribution is 5.85. The van der Waals surface area contributed by atoms with Gasteiger partial charge in [-0.15, -0.1) is 12.4 Å². The van der Waals surface area contributed by atoms with E-state index in [1.54, 1.807) is 14.2 Å². The number of halogens is 1. The van der Waals surface area contributed by atoms with E-state index >= 15 is 0 Å². The Labute approximate surface area is 131 Å². The predicted octanol–water partition coefficient (Wildman–Crippen LogP) is 1.58. The first-order valence-electron chi connectivity index (χ1n) is 6.84. The summed E-state index contributed by atoms with van der Waals surface area (Å²) in [5.41, 5.74) is 6.87. The van der Waals surface area contributed by atoms with Crippen LogP contribution in [0.15, 0.2) is 24.3 Å². The van der Waals surface area contributed by atoms with Crippen molar-refractivity contribution in [3.05, 3.63) is 29.8 Å². The van der Waals surface area contributed by atoms with Crippen molar-refractivity contribution < 1.29 is 14.3 Å². The maximum Gasteiger partial charge on any atom is 0.242 e. The molecule has 0 spiro atoms. The fourth-order valence-electron chi connectivity index (χ4n) is 2.25. The van der Waals surface area contributed by atoms with Crippen molar-refractivity contribution in [3.63, 3.8) is 0 Å². The Balaban J connectivity index is 0.00000220. The predicted molar refractivity (Wildman–Crippen MR) is 83.7 cm³/mol. The van der Waals surface area contributed by atoms with Gasteiger partial charge in [-0.3, -0.25) is 4.79 Å². The van der Waals surface area contributed by atoms with E-state index in [0.717, 1.165) is 24.2 Å². The molecule has 0 bridgehead atoms. The summed E-state index contributed by atoms with van der Waals surface area (Å²) in [4.78, 5) is 14.2. The zero-order valence-electron chi connectivity index (χ0n) is 12.5. The van der Waals surface area contributed by atoms with Crippen molar-refractivity contribution in [2.75, 3.05) is 20.8 Å². The molecule has 2 rings (SSSR count). The van der Waals surface area contributed by atoms with Crippen LogP contribution in [0.25, 0.3) is 0 Å². The van der Waals surface area contributed by atoms with Gasteiger partial charge in [0.1, 0.15) is 11.8 Å². The largest absolute Gasteiger partial charge is 0.496 e. The van der Waals surface area contributed by atoms with Gasteiger partial charge in [-0.05, 0) is 18.9 Å². The molecule has 1 aliphatic rings. The van der Waals surface area contributed by atoms with Gasteiger partial charge in [-0.2, -0.15) is 0 Å². The van der Waals surface area contributed by atoms with Gasteiger partial charge >= 0.3 is 0 Å². The SMILES string of the molecule is COCC(N)C(=O)N(Cc1ccccc1OC)C1CC1.Cl. The number of carbonyl (C=O) groups excluding carboxylic acids is 1. The van der Waals surface area contributed by atoms with E-state index < -0.39 is 6.04 Å². The third-order valence-electron chi connectivity index (χ3n) is 3.47. The zero-order valence-corrected chi connectivity index (χ0v) is 13.3. The molecule has 1 aromatic rings. The van der Waals surface area contributed by atoms with E-state index in [0.29, 0.717) is 12.6 Å². The van der Waals surface area contributed by atoms with Gasteiger partial charge in [0.25, 0.3) is 0 Å². The Morgan fingerprint density at radius 3 is 2.62 bits per heavy atom. The average Bonchev–Trinajstić information content (AvgIpc) is 3.29. The number of nitrogens with zero attached hydrogens (tertiary/aromatic N) is 1. The van der Waals surface area contributed by atoms with Gasteiger partial charge in [-0.1, -0.05) is 18.2 Å². The summed E-state index contributed by atoms with van der Waals surface area (Å²) in [6, 6.07) is 7.44. The number of nitrogens with two attached hydrogens (primary N) is 1. The summed E-state index contributed by atoms with van der Waals surface area (Å²) in [6.07, 6.45) is 2.08. The van der Waals surface area contributed by atoms with E-state index in [9.17, 15) is 4.79 Å². The number of carbonyl (C=O) groups is 1. The number of hydrogen-bond acceptors (Lipinski definition) is 4. The lowest BCUT2D eigenvalue weighted by atomic mass is 10.1. The number of para-hydroxylation sites is 1. The Kier molecular flexibility index (Phi) is 6.95. The Morgan fingerprint density at radius 1 is 1.38 bits per heavy atom. The summed E-state index contributed by atoms with van der Waals surface area (Å²) >= 11 is 0. The molecule has 0 aliphatic heterocycles. The van der Waals surface area contributed by atoms with Gasteiger partial charge < -0.3 is 20.1 Å². The smallest absolute Gasteiger partial charge is 0.242 e. The second-order valence-corrected chi connectivity index (χ2v) is 5.07. The van der Waals surface area contributed by atoms with Crippen LogP contribution in [-0.4, -0.2) is 43.7 Å². The molecule has 1 aliphatic carbocycles. The van der Waals surface area contributed by atoms with Crippen molar-refractivity contribution in [3.8, 4) is 5.75 Å². The normalized spacial score (nSPS) is 15.0. The molecule has 1 aromatic carbocycles. The second-order valence-electron chi connectivity index (χ2n) is 5.07. The first kappa shape index (κ1) is 17.8. The van der Waals surface area contributed by atoms with Crippen LogP contribution in [-0.2, 0) is 16.1 Å². The van der Waals surface area contributed by atoms with Gasteiger partial charge in [-0.25, -0.2) is 0 Å². The number of ether oxygens (including phenoxy) is 2. The number of hydrogen-bond donors (Lipinski definition) is 1. The summed E-state index contributed by atoms with van der Waals surface area (Å²) in [6.45, 7) is 0.777. The molecule has 6 heteroatoms. The van der Waals surface area contributed by atoms with Gasteiger partial charge in [0, 0.05) is 25.3 Å². The fourth-order valence-corrected chi connectivity index (χ4v) is 2.25. The number of benzene rings is 1. The highest BCUT2D eigenvalue weighted by Crippen LogP contribution is 2.30. The fraction of sp³-hybridized carbons (Fsp3) is 0.533. The molecule has 1 fully saturated rings. The lowest BCUT2D eigenvalue weighted by Gasteiger charge is -2.26. The van der Waals surface area contributed by atoms with Crippen molar-refractivity contribution in [2.24, 2.45) is 5.73 Å². The van der Waals surface area contributed by atoms with Gasteiger partial charge in [0.05, 0.1) is 13.7 Å². The van der Waals surface area contributed by atoms with Crippen LogP contribution < -0.4 is 10.5 Å². The van der Waals surface area contributed by atoms with Gasteiger partial charge in [0.2, 0.25) is 5.91 Å². The number of rotatable bonds is 7. The molecule has 21 heavy (non-hydrogen) atoms. The lowest BCUT2D eigenvalue weighted by molar-refractivity contribution is -0.135. The van der Waals surface area contributed by atoms with Gasteiger partial charge in [0.15, 0.2) is 0 Å². The highest BCUT2D eigenvalue weighted by Gasteiger charge is 2.35. The molecule has 0 saturated heterocycles. The number of methoxy groups -OCH3 is 2. The molecular formula is C15H23ClN2O3. The van der Waals surface area contributed by atoms with Crippen LogP contribution in [0.2, 0.25) is 0 Å². The first-order valence-corrected chi connectivity index (χ1v) is 6.84. The van der Waals surface area contributed by atoms with E-state index in [1.165, 1.54) is 0 Å². The summed E-state index contributed by atoms with van der Waals surface area (Å²) in [5.74, 6) is 0.742. The minimum Gasteiger partial charge on any atom is -0.496 e. The van der Waals surface area contributed by atoms with Crippen molar-refractivity contribution in [2.45, 2.75) is 31.5 Å². The van der Waals surface area contributed by atoms with Crippen LogP contribution in [0, 0.1) is 0 Å². The molecular weight excluding hydrogens is 292 g/mol. The minimum absolute atomic E-state index is 0. The summed E-state index contributed by atoms with van der Waals surface area (Å²) < 4.78 is 10.3. The van der Waals surface area contributed by atoms with Crippen LogP contribution in [0.5, 0.6) is 5.75 Å². The van der Waals surface area contributed by atoms with E-state index in [4.69, 9.17) is 15.2 Å². The molecule has 1 saturated carbocycles. The number of amides is 1. The van der Waals surface area contributed by atoms with Crippen LogP contribution in [0.3, 0.4) is 0 Å². The van der Waals surface area contributed by atoms with E-state index in [1.807, 2.05) is 29.2 Å². The third-order valence-corrected chi connectivity index (χ3v) is 3.47. The van der Waals surface area contributed by atoms with Crippen molar-refractivity contribution in [1.29, 1.82) is 0 Å². The standard InChI is InChI=1S/C15H22N2O3.ClH/c1-19-10-13(16)15(18)17(12-7-8-12)9-11-5-3-4-6-14(11)20-2;/h3-6,12-13H,7-10,16H2,1-2H3;1H. The summed E-state index contributed by atoms with van der Waals surface area (Å²) in [5, 5.41) is 0. The first-order chi connectivity index (χ1) is 9.67. The Hall–Kier alpha value is -1.30. The zero-order chi connectivity index (χ0) is 14.5. The average molecular weight is 315 g/mol. The maximum atomic E-state index is 12.4. The monoisotopic (exact) mass is 314 g/mol. The Bertz CT molecular complexity index is 466. The van der Waals surface area contributed by atoms with Crippen LogP contribution >= 0.6 is 12.4 Å². The van der Waals surface area contributed by atoms with Crippen LogP contribution in [0.4, 0.5) is 0 Å². The topological polar surface area (TPSA) is 64.8 Å². The molecule has 2 N–H and O–H groups in total. The van der Waals surface area contributed by atoms with E-state index in [-0.39, 0.29) is 24.9 Å². The molecule has 118 valence electrons. The molecule has 0 aromatic heterocycles. The van der Waals surface area contributed by atoms with Crippen molar-refractivity contribution in [1.82, 2.24) is 4.90 Å². The minimum atomic E-state index is -0.602. The molecule has 1 unspecified atom stereocenters. The third kappa shape index (κ3) is 4.59. The summed E-state index contributed by atoms with van der Waals surface area (Å²) in [7, 11) is 3.19. The molecule has 5 nitrogen and oxygen atoms in total. The van der Waals surface area contributed by atoms with E-state index in [2.05, 4.69) is 0 Å². The lowest BCUT2D eigenvalue weighted by Crippen LogP contribution is -2.46. The second kappa shape index (κ2) is 8.22.